The van der Waals surface area contributed by atoms with E-state index in [0.717, 1.165) is 5.82 Å². The molecule has 2 heterocycles. The smallest absolute Gasteiger partial charge is 0.260 e. The van der Waals surface area contributed by atoms with Gasteiger partial charge in [-0.3, -0.25) is 4.79 Å². The maximum Gasteiger partial charge on any atom is 0.260 e. The largest absolute Gasteiger partial charge is 0.484 e. The van der Waals surface area contributed by atoms with Crippen LogP contribution < -0.4 is 4.74 Å². The molecule has 1 aromatic heterocycles. The van der Waals surface area contributed by atoms with E-state index < -0.39 is 0 Å². The number of hydrogen-bond donors (Lipinski definition) is 0. The molecule has 0 spiro atoms. The average molecular weight is 283 g/mol. The van der Waals surface area contributed by atoms with Crippen LogP contribution in [0.1, 0.15) is 11.4 Å². The summed E-state index contributed by atoms with van der Waals surface area (Å²) in [6.45, 7) is 1.75. The molecule has 21 heavy (non-hydrogen) atoms. The molecule has 0 N–H and O–H groups in total. The van der Waals surface area contributed by atoms with Crippen LogP contribution in [-0.4, -0.2) is 38.7 Å². The Labute approximate surface area is 121 Å². The Kier molecular flexibility index (Phi) is 3.51. The molecule has 0 saturated carbocycles. The van der Waals surface area contributed by atoms with E-state index in [1.807, 2.05) is 10.6 Å². The number of nitriles is 1. The zero-order chi connectivity index (χ0) is 14.7. The zero-order valence-corrected chi connectivity index (χ0v) is 11.3. The van der Waals surface area contributed by atoms with Crippen molar-refractivity contribution in [2.75, 3.05) is 13.2 Å². The fourth-order valence-corrected chi connectivity index (χ4v) is 2.14. The van der Waals surface area contributed by atoms with Crippen molar-refractivity contribution in [2.24, 2.45) is 0 Å². The number of nitrogens with zero attached hydrogens (tertiary/aromatic N) is 5. The van der Waals surface area contributed by atoms with Crippen molar-refractivity contribution in [3.63, 3.8) is 0 Å². The van der Waals surface area contributed by atoms with Gasteiger partial charge in [-0.1, -0.05) is 0 Å². The molecule has 1 aromatic carbocycles. The molecule has 0 unspecified atom stereocenters. The summed E-state index contributed by atoms with van der Waals surface area (Å²) >= 11 is 0. The molecule has 1 aliphatic heterocycles. The van der Waals surface area contributed by atoms with Crippen molar-refractivity contribution >= 4 is 5.91 Å². The predicted octanol–water partition coefficient (Wildman–Crippen LogP) is 0.571. The third kappa shape index (κ3) is 2.84. The molecule has 0 fully saturated rings. The molecule has 0 saturated heterocycles. The number of carbonyl (C=O) groups excluding carboxylic acids is 1. The van der Waals surface area contributed by atoms with Gasteiger partial charge in [-0.05, 0) is 24.3 Å². The van der Waals surface area contributed by atoms with Crippen LogP contribution in [0, 0.1) is 11.3 Å². The van der Waals surface area contributed by atoms with E-state index in [4.69, 9.17) is 10.00 Å². The van der Waals surface area contributed by atoms with E-state index in [9.17, 15) is 4.79 Å². The maximum absolute atomic E-state index is 12.1. The van der Waals surface area contributed by atoms with Crippen molar-refractivity contribution in [2.45, 2.75) is 13.1 Å². The Morgan fingerprint density at radius 2 is 2.14 bits per heavy atom. The van der Waals surface area contributed by atoms with Crippen LogP contribution in [0.5, 0.6) is 5.75 Å². The third-order valence-corrected chi connectivity index (χ3v) is 3.34. The molecule has 7 nitrogen and oxygen atoms in total. The Morgan fingerprint density at radius 3 is 2.90 bits per heavy atom. The van der Waals surface area contributed by atoms with Crippen molar-refractivity contribution in [1.82, 2.24) is 19.7 Å². The van der Waals surface area contributed by atoms with Gasteiger partial charge < -0.3 is 14.2 Å². The van der Waals surface area contributed by atoms with Crippen LogP contribution in [0.3, 0.4) is 0 Å². The van der Waals surface area contributed by atoms with Gasteiger partial charge in [0.15, 0.2) is 12.4 Å². The van der Waals surface area contributed by atoms with E-state index >= 15 is 0 Å². The number of ether oxygens (including phenoxy) is 1. The molecule has 1 amide bonds. The number of aromatic nitrogens is 3. The first-order valence-corrected chi connectivity index (χ1v) is 6.53. The molecule has 2 aromatic rings. The van der Waals surface area contributed by atoms with E-state index in [1.165, 1.54) is 0 Å². The monoisotopic (exact) mass is 283 g/mol. The third-order valence-electron chi connectivity index (χ3n) is 3.34. The lowest BCUT2D eigenvalue weighted by atomic mass is 10.2. The van der Waals surface area contributed by atoms with Gasteiger partial charge in [-0.25, -0.2) is 0 Å². The van der Waals surface area contributed by atoms with Gasteiger partial charge in [0.25, 0.3) is 5.91 Å². The van der Waals surface area contributed by atoms with Gasteiger partial charge in [0.05, 0.1) is 18.2 Å². The summed E-state index contributed by atoms with van der Waals surface area (Å²) in [5.41, 5.74) is 0.559. The summed E-state index contributed by atoms with van der Waals surface area (Å²) in [5.74, 6) is 1.27. The molecule has 1 aliphatic rings. The summed E-state index contributed by atoms with van der Waals surface area (Å²) in [6.07, 6.45) is 1.67. The second-order valence-electron chi connectivity index (χ2n) is 4.68. The predicted molar refractivity (Wildman–Crippen MR) is 72.1 cm³/mol. The first-order chi connectivity index (χ1) is 10.3. The molecule has 7 heteroatoms. The molecular weight excluding hydrogens is 270 g/mol. The number of rotatable bonds is 3. The summed E-state index contributed by atoms with van der Waals surface area (Å²) < 4.78 is 7.38. The fraction of sp³-hybridized carbons (Fsp3) is 0.286. The summed E-state index contributed by atoms with van der Waals surface area (Å²) in [5, 5.41) is 16.5. The highest BCUT2D eigenvalue weighted by Gasteiger charge is 2.21. The van der Waals surface area contributed by atoms with Crippen LogP contribution in [0.25, 0.3) is 0 Å². The summed E-state index contributed by atoms with van der Waals surface area (Å²) in [4.78, 5) is 13.8. The lowest BCUT2D eigenvalue weighted by Gasteiger charge is -2.26. The SMILES string of the molecule is N#Cc1ccc(OCC(=O)N2CCn3cnnc3C2)cc1. The molecular formula is C14H13N5O2. The second-order valence-corrected chi connectivity index (χ2v) is 4.68. The molecule has 0 radical (unpaired) electrons. The van der Waals surface area contributed by atoms with Gasteiger partial charge >= 0.3 is 0 Å². The van der Waals surface area contributed by atoms with Crippen LogP contribution in [0.2, 0.25) is 0 Å². The van der Waals surface area contributed by atoms with Gasteiger partial charge in [-0.2, -0.15) is 5.26 Å². The Hall–Kier alpha value is -2.88. The fourth-order valence-electron chi connectivity index (χ4n) is 2.14. The van der Waals surface area contributed by atoms with E-state index in [2.05, 4.69) is 10.2 Å². The minimum atomic E-state index is -0.0893. The van der Waals surface area contributed by atoms with Crippen LogP contribution in [0.4, 0.5) is 0 Å². The Balaban J connectivity index is 1.56. The first kappa shape index (κ1) is 13.1. The van der Waals surface area contributed by atoms with E-state index in [0.29, 0.717) is 30.9 Å². The minimum Gasteiger partial charge on any atom is -0.484 e. The second kappa shape index (κ2) is 5.63. The van der Waals surface area contributed by atoms with Crippen molar-refractivity contribution < 1.29 is 9.53 Å². The van der Waals surface area contributed by atoms with Crippen LogP contribution in [0.15, 0.2) is 30.6 Å². The Bertz CT molecular complexity index is 686. The van der Waals surface area contributed by atoms with Crippen LogP contribution >= 0.6 is 0 Å². The van der Waals surface area contributed by atoms with Gasteiger partial charge in [0.1, 0.15) is 12.1 Å². The quantitative estimate of drug-likeness (QED) is 0.822. The number of benzene rings is 1. The molecule has 0 bridgehead atoms. The van der Waals surface area contributed by atoms with Crippen LogP contribution in [-0.2, 0) is 17.9 Å². The molecule has 0 atom stereocenters. The number of amides is 1. The Morgan fingerprint density at radius 1 is 1.33 bits per heavy atom. The molecule has 106 valence electrons. The van der Waals surface area contributed by atoms with Gasteiger partial charge in [0.2, 0.25) is 0 Å². The minimum absolute atomic E-state index is 0.0277. The summed E-state index contributed by atoms with van der Waals surface area (Å²) in [6, 6.07) is 8.70. The van der Waals surface area contributed by atoms with Crippen molar-refractivity contribution in [3.8, 4) is 11.8 Å². The van der Waals surface area contributed by atoms with Crippen molar-refractivity contribution in [1.29, 1.82) is 5.26 Å². The average Bonchev–Trinajstić information content (AvgIpc) is 3.00. The number of hydrogen-bond acceptors (Lipinski definition) is 5. The topological polar surface area (TPSA) is 84.0 Å². The lowest BCUT2D eigenvalue weighted by molar-refractivity contribution is -0.134. The summed E-state index contributed by atoms with van der Waals surface area (Å²) in [7, 11) is 0. The van der Waals surface area contributed by atoms with Crippen molar-refractivity contribution in [3.05, 3.63) is 42.0 Å². The zero-order valence-electron chi connectivity index (χ0n) is 11.3. The highest BCUT2D eigenvalue weighted by atomic mass is 16.5. The highest BCUT2D eigenvalue weighted by Crippen LogP contribution is 2.13. The standard InChI is InChI=1S/C14H13N5O2/c15-7-11-1-3-12(4-2-11)21-9-14(20)18-5-6-19-10-16-17-13(19)8-18/h1-4,10H,5-6,8-9H2. The van der Waals surface area contributed by atoms with Gasteiger partial charge in [-0.15, -0.1) is 10.2 Å². The van der Waals surface area contributed by atoms with E-state index in [-0.39, 0.29) is 12.5 Å². The number of carbonyl (C=O) groups is 1. The van der Waals surface area contributed by atoms with Gasteiger partial charge in [0, 0.05) is 13.1 Å². The molecule has 0 aliphatic carbocycles. The first-order valence-electron chi connectivity index (χ1n) is 6.53. The van der Waals surface area contributed by atoms with E-state index in [1.54, 1.807) is 35.5 Å². The number of fused-ring (bicyclic) bond motifs is 1. The molecule has 3 rings (SSSR count). The normalized spacial score (nSPS) is 13.4. The lowest BCUT2D eigenvalue weighted by Crippen LogP contribution is -2.40. The highest BCUT2D eigenvalue weighted by molar-refractivity contribution is 5.77. The maximum atomic E-state index is 12.1.